The molecular formula is C10H21N3O. The van der Waals surface area contributed by atoms with E-state index in [0.717, 1.165) is 25.9 Å². The van der Waals surface area contributed by atoms with Crippen LogP contribution in [0.5, 0.6) is 0 Å². The first kappa shape index (κ1) is 11.5. The molecule has 0 bridgehead atoms. The fourth-order valence-electron chi connectivity index (χ4n) is 1.71. The van der Waals surface area contributed by atoms with Crippen molar-refractivity contribution in [2.45, 2.75) is 38.8 Å². The average Bonchev–Trinajstić information content (AvgIpc) is 2.11. The van der Waals surface area contributed by atoms with Gasteiger partial charge in [-0.1, -0.05) is 13.8 Å². The molecule has 0 aromatic rings. The average molecular weight is 199 g/mol. The van der Waals surface area contributed by atoms with Gasteiger partial charge in [0.15, 0.2) is 0 Å². The van der Waals surface area contributed by atoms with Crippen molar-refractivity contribution in [3.8, 4) is 0 Å². The summed E-state index contributed by atoms with van der Waals surface area (Å²) in [5.41, 5.74) is 5.62. The van der Waals surface area contributed by atoms with Gasteiger partial charge in [-0.25, -0.2) is 0 Å². The van der Waals surface area contributed by atoms with Crippen LogP contribution >= 0.6 is 0 Å². The largest absolute Gasteiger partial charge is 0.352 e. The summed E-state index contributed by atoms with van der Waals surface area (Å²) in [6, 6.07) is 0.605. The van der Waals surface area contributed by atoms with Crippen LogP contribution in [0.25, 0.3) is 0 Å². The van der Waals surface area contributed by atoms with Crippen molar-refractivity contribution in [2.75, 3.05) is 19.6 Å². The number of likely N-dealkylation sites (tertiary alicyclic amines) is 1. The zero-order valence-corrected chi connectivity index (χ0v) is 9.12. The topological polar surface area (TPSA) is 58.4 Å². The minimum atomic E-state index is 0.130. The van der Waals surface area contributed by atoms with Crippen molar-refractivity contribution in [3.05, 3.63) is 0 Å². The van der Waals surface area contributed by atoms with Crippen LogP contribution in [0.4, 0.5) is 0 Å². The molecule has 0 aromatic heterocycles. The molecule has 3 N–H and O–H groups in total. The maximum Gasteiger partial charge on any atom is 0.234 e. The van der Waals surface area contributed by atoms with E-state index in [9.17, 15) is 4.79 Å². The Morgan fingerprint density at radius 2 is 2.07 bits per heavy atom. The molecule has 0 spiro atoms. The lowest BCUT2D eigenvalue weighted by atomic mass is 10.1. The number of carbonyl (C=O) groups excluding carboxylic acids is 1. The normalized spacial score (nSPS) is 18.3. The number of nitrogens with zero attached hydrogens (tertiary/aromatic N) is 1. The minimum Gasteiger partial charge on any atom is -0.352 e. The second kappa shape index (κ2) is 5.32. The number of carbonyl (C=O) groups is 1. The van der Waals surface area contributed by atoms with E-state index in [0.29, 0.717) is 12.6 Å². The molecule has 4 heteroatoms. The zero-order valence-electron chi connectivity index (χ0n) is 9.12. The molecule has 0 radical (unpaired) electrons. The quantitative estimate of drug-likeness (QED) is 0.652. The van der Waals surface area contributed by atoms with E-state index in [2.05, 4.69) is 24.1 Å². The summed E-state index contributed by atoms with van der Waals surface area (Å²) in [7, 11) is 0. The summed E-state index contributed by atoms with van der Waals surface area (Å²) >= 11 is 0. The minimum absolute atomic E-state index is 0.130. The first-order valence-corrected chi connectivity index (χ1v) is 5.43. The van der Waals surface area contributed by atoms with Gasteiger partial charge in [0.05, 0.1) is 6.54 Å². The predicted octanol–water partition coefficient (Wildman–Crippen LogP) is -0.0659. The van der Waals surface area contributed by atoms with Crippen LogP contribution < -0.4 is 11.1 Å². The number of nitrogens with two attached hydrogens (primary N) is 1. The molecule has 1 saturated heterocycles. The first-order chi connectivity index (χ1) is 6.65. The second-order valence-corrected chi connectivity index (χ2v) is 4.04. The highest BCUT2D eigenvalue weighted by atomic mass is 16.2. The van der Waals surface area contributed by atoms with Crippen LogP contribution in [0.15, 0.2) is 0 Å². The van der Waals surface area contributed by atoms with Crippen molar-refractivity contribution >= 4 is 5.91 Å². The summed E-state index contributed by atoms with van der Waals surface area (Å²) in [5, 5.41) is 3.01. The Balaban J connectivity index is 2.15. The molecular weight excluding hydrogens is 178 g/mol. The van der Waals surface area contributed by atoms with Crippen LogP contribution in [0.1, 0.15) is 26.7 Å². The molecule has 0 aliphatic carbocycles. The molecule has 0 atom stereocenters. The second-order valence-electron chi connectivity index (χ2n) is 4.04. The van der Waals surface area contributed by atoms with Crippen molar-refractivity contribution < 1.29 is 4.79 Å². The maximum absolute atomic E-state index is 11.5. The lowest BCUT2D eigenvalue weighted by molar-refractivity contribution is -0.124. The molecule has 1 fully saturated rings. The Labute approximate surface area is 85.8 Å². The molecule has 1 amide bonds. The molecule has 1 aliphatic rings. The van der Waals surface area contributed by atoms with Gasteiger partial charge in [-0.2, -0.15) is 0 Å². The zero-order chi connectivity index (χ0) is 10.6. The highest BCUT2D eigenvalue weighted by Crippen LogP contribution is 2.04. The summed E-state index contributed by atoms with van der Waals surface area (Å²) in [6.45, 7) is 6.40. The molecule has 82 valence electrons. The maximum atomic E-state index is 11.5. The van der Waals surface area contributed by atoms with Gasteiger partial charge < -0.3 is 11.1 Å². The lowest BCUT2D eigenvalue weighted by Gasteiger charge is -2.36. The van der Waals surface area contributed by atoms with Gasteiger partial charge in [0, 0.05) is 25.2 Å². The number of hydrogen-bond donors (Lipinski definition) is 2. The van der Waals surface area contributed by atoms with Crippen LogP contribution in [0.2, 0.25) is 0 Å². The van der Waals surface area contributed by atoms with Crippen molar-refractivity contribution in [1.82, 2.24) is 10.2 Å². The first-order valence-electron chi connectivity index (χ1n) is 5.43. The molecule has 0 aromatic carbocycles. The van der Waals surface area contributed by atoms with Gasteiger partial charge >= 0.3 is 0 Å². The number of rotatable bonds is 5. The third-order valence-electron chi connectivity index (χ3n) is 2.70. The van der Waals surface area contributed by atoms with Gasteiger partial charge in [-0.3, -0.25) is 9.69 Å². The number of hydrogen-bond acceptors (Lipinski definition) is 3. The van der Waals surface area contributed by atoms with Crippen LogP contribution in [-0.4, -0.2) is 42.5 Å². The Bertz CT molecular complexity index is 186. The summed E-state index contributed by atoms with van der Waals surface area (Å²) in [5.74, 6) is 0.130. The summed E-state index contributed by atoms with van der Waals surface area (Å²) < 4.78 is 0. The standard InChI is InChI=1S/C10H21N3O/c1-3-9(4-2)12-10(14)7-13-5-8(11)6-13/h8-9H,3-7,11H2,1-2H3,(H,12,14). The molecule has 0 saturated carbocycles. The smallest absolute Gasteiger partial charge is 0.234 e. The Hall–Kier alpha value is -0.610. The van der Waals surface area contributed by atoms with E-state index in [1.54, 1.807) is 0 Å². The fraction of sp³-hybridized carbons (Fsp3) is 0.900. The fourth-order valence-corrected chi connectivity index (χ4v) is 1.71. The summed E-state index contributed by atoms with van der Waals surface area (Å²) in [4.78, 5) is 13.6. The van der Waals surface area contributed by atoms with Gasteiger partial charge in [0.1, 0.15) is 0 Å². The molecule has 1 heterocycles. The third kappa shape index (κ3) is 3.27. The van der Waals surface area contributed by atoms with E-state index in [4.69, 9.17) is 5.73 Å². The lowest BCUT2D eigenvalue weighted by Crippen LogP contribution is -2.58. The molecule has 1 rings (SSSR count). The highest BCUT2D eigenvalue weighted by molar-refractivity contribution is 5.78. The molecule has 14 heavy (non-hydrogen) atoms. The van der Waals surface area contributed by atoms with Gasteiger partial charge in [-0.05, 0) is 12.8 Å². The van der Waals surface area contributed by atoms with E-state index >= 15 is 0 Å². The highest BCUT2D eigenvalue weighted by Gasteiger charge is 2.24. The Morgan fingerprint density at radius 1 is 1.50 bits per heavy atom. The van der Waals surface area contributed by atoms with Gasteiger partial charge in [0.2, 0.25) is 5.91 Å². The monoisotopic (exact) mass is 199 g/mol. The summed E-state index contributed by atoms with van der Waals surface area (Å²) in [6.07, 6.45) is 2.00. The SMILES string of the molecule is CCC(CC)NC(=O)CN1CC(N)C1. The predicted molar refractivity (Wildman–Crippen MR) is 56.9 cm³/mol. The van der Waals surface area contributed by atoms with Crippen LogP contribution in [0.3, 0.4) is 0 Å². The van der Waals surface area contributed by atoms with Gasteiger partial charge in [0.25, 0.3) is 0 Å². The van der Waals surface area contributed by atoms with E-state index in [1.165, 1.54) is 0 Å². The van der Waals surface area contributed by atoms with E-state index in [1.807, 2.05) is 0 Å². The van der Waals surface area contributed by atoms with Crippen molar-refractivity contribution in [1.29, 1.82) is 0 Å². The van der Waals surface area contributed by atoms with Crippen molar-refractivity contribution in [3.63, 3.8) is 0 Å². The Kier molecular flexibility index (Phi) is 4.35. The third-order valence-corrected chi connectivity index (χ3v) is 2.70. The van der Waals surface area contributed by atoms with E-state index in [-0.39, 0.29) is 11.9 Å². The molecule has 0 unspecified atom stereocenters. The van der Waals surface area contributed by atoms with Crippen LogP contribution in [-0.2, 0) is 4.79 Å². The number of amides is 1. The Morgan fingerprint density at radius 3 is 2.50 bits per heavy atom. The molecule has 4 nitrogen and oxygen atoms in total. The van der Waals surface area contributed by atoms with E-state index < -0.39 is 0 Å². The van der Waals surface area contributed by atoms with Gasteiger partial charge in [-0.15, -0.1) is 0 Å². The van der Waals surface area contributed by atoms with Crippen molar-refractivity contribution in [2.24, 2.45) is 5.73 Å². The number of nitrogens with one attached hydrogen (secondary N) is 1. The van der Waals surface area contributed by atoms with Crippen LogP contribution in [0, 0.1) is 0 Å². The molecule has 1 aliphatic heterocycles.